The zero-order chi connectivity index (χ0) is 20.4. The minimum absolute atomic E-state index is 0.197. The first-order chi connectivity index (χ1) is 14.0. The van der Waals surface area contributed by atoms with E-state index in [1.54, 1.807) is 0 Å². The van der Waals surface area contributed by atoms with Crippen LogP contribution in [0, 0.1) is 13.8 Å². The minimum atomic E-state index is -0.229. The Labute approximate surface area is 172 Å². The maximum atomic E-state index is 12.0. The van der Waals surface area contributed by atoms with Crippen LogP contribution in [0.15, 0.2) is 54.7 Å². The molecule has 150 valence electrons. The molecule has 1 aromatic heterocycles. The number of hydrogen-bond donors (Lipinski definition) is 1. The molecule has 0 bridgehead atoms. The maximum Gasteiger partial charge on any atom is 0.234 e. The van der Waals surface area contributed by atoms with Gasteiger partial charge in [0.25, 0.3) is 0 Å². The van der Waals surface area contributed by atoms with Gasteiger partial charge in [0, 0.05) is 23.9 Å². The van der Waals surface area contributed by atoms with Crippen LogP contribution in [-0.4, -0.2) is 33.2 Å². The van der Waals surface area contributed by atoms with Crippen molar-refractivity contribution in [1.29, 1.82) is 0 Å². The number of hydrogen-bond acceptors (Lipinski definition) is 3. The van der Waals surface area contributed by atoms with E-state index in [1.165, 1.54) is 11.1 Å². The monoisotopic (exact) mass is 388 g/mol. The van der Waals surface area contributed by atoms with Gasteiger partial charge in [-0.3, -0.25) is 9.69 Å². The smallest absolute Gasteiger partial charge is 0.234 e. The summed E-state index contributed by atoms with van der Waals surface area (Å²) in [6.45, 7) is 5.73. The number of nitrogens with two attached hydrogens (primary N) is 1. The zero-order valence-electron chi connectivity index (χ0n) is 17.1. The number of rotatable bonds is 5. The van der Waals surface area contributed by atoms with Crippen LogP contribution in [0.1, 0.15) is 36.0 Å². The Hall–Kier alpha value is -2.92. The lowest BCUT2D eigenvalue weighted by atomic mass is 9.99. The molecule has 0 saturated carbocycles. The molecular weight excluding hydrogens is 360 g/mol. The summed E-state index contributed by atoms with van der Waals surface area (Å²) in [5.74, 6) is -0.229. The molecule has 1 aliphatic heterocycles. The fourth-order valence-corrected chi connectivity index (χ4v) is 4.11. The van der Waals surface area contributed by atoms with E-state index in [4.69, 9.17) is 10.8 Å². The van der Waals surface area contributed by atoms with Gasteiger partial charge in [-0.2, -0.15) is 5.10 Å². The molecule has 0 radical (unpaired) electrons. The Morgan fingerprint density at radius 3 is 2.62 bits per heavy atom. The van der Waals surface area contributed by atoms with Crippen LogP contribution in [0.4, 0.5) is 0 Å². The Kier molecular flexibility index (Phi) is 5.49. The number of primary amides is 1. The fourth-order valence-electron chi connectivity index (χ4n) is 4.11. The van der Waals surface area contributed by atoms with Gasteiger partial charge in [-0.05, 0) is 51.4 Å². The summed E-state index contributed by atoms with van der Waals surface area (Å²) < 4.78 is 1.94. The van der Waals surface area contributed by atoms with Crippen LogP contribution >= 0.6 is 0 Å². The largest absolute Gasteiger partial charge is 0.368 e. The van der Waals surface area contributed by atoms with Crippen molar-refractivity contribution < 1.29 is 4.79 Å². The molecule has 1 saturated heterocycles. The van der Waals surface area contributed by atoms with Gasteiger partial charge in [-0.25, -0.2) is 4.68 Å². The van der Waals surface area contributed by atoms with Crippen LogP contribution in [0.5, 0.6) is 0 Å². The number of aryl methyl sites for hydroxylation is 2. The SMILES string of the molecule is Cc1ccc(-n2cc(CN3CCCCC3C(N)=O)c(-c3cccc(C)c3)n2)cc1. The summed E-state index contributed by atoms with van der Waals surface area (Å²) in [7, 11) is 0. The molecule has 5 heteroatoms. The fraction of sp³-hybridized carbons (Fsp3) is 0.333. The molecule has 29 heavy (non-hydrogen) atoms. The molecule has 2 N–H and O–H groups in total. The average molecular weight is 389 g/mol. The first-order valence-electron chi connectivity index (χ1n) is 10.3. The van der Waals surface area contributed by atoms with E-state index >= 15 is 0 Å². The topological polar surface area (TPSA) is 64.2 Å². The van der Waals surface area contributed by atoms with Crippen LogP contribution in [-0.2, 0) is 11.3 Å². The number of carbonyl (C=O) groups excluding carboxylic acids is 1. The van der Waals surface area contributed by atoms with Crippen molar-refractivity contribution in [3.8, 4) is 16.9 Å². The molecule has 1 amide bonds. The molecule has 4 rings (SSSR count). The van der Waals surface area contributed by atoms with Crippen molar-refractivity contribution in [2.45, 2.75) is 45.7 Å². The van der Waals surface area contributed by atoms with Gasteiger partial charge in [0.15, 0.2) is 0 Å². The second-order valence-electron chi connectivity index (χ2n) is 8.04. The molecule has 5 nitrogen and oxygen atoms in total. The third-order valence-corrected chi connectivity index (χ3v) is 5.70. The molecule has 2 aromatic carbocycles. The predicted octanol–water partition coefficient (Wildman–Crippen LogP) is 4.00. The molecule has 0 aliphatic carbocycles. The molecule has 3 aromatic rings. The minimum Gasteiger partial charge on any atom is -0.368 e. The van der Waals surface area contributed by atoms with Crippen molar-refractivity contribution in [1.82, 2.24) is 14.7 Å². The van der Waals surface area contributed by atoms with Crippen molar-refractivity contribution in [2.24, 2.45) is 5.73 Å². The Bertz CT molecular complexity index is 1010. The standard InChI is InChI=1S/C24H28N4O/c1-17-9-11-21(12-10-17)28-16-20(15-27-13-4-3-8-22(27)24(25)29)23(26-28)19-7-5-6-18(2)14-19/h5-7,9-12,14,16,22H,3-4,8,13,15H2,1-2H3,(H2,25,29). The predicted molar refractivity (Wildman–Crippen MR) is 116 cm³/mol. The first-order valence-corrected chi connectivity index (χ1v) is 10.3. The molecule has 1 unspecified atom stereocenters. The number of benzene rings is 2. The molecule has 1 atom stereocenters. The van der Waals surface area contributed by atoms with E-state index in [0.717, 1.165) is 48.3 Å². The van der Waals surface area contributed by atoms with Gasteiger partial charge in [-0.1, -0.05) is 47.9 Å². The van der Waals surface area contributed by atoms with Gasteiger partial charge < -0.3 is 5.73 Å². The third kappa shape index (κ3) is 4.25. The Morgan fingerprint density at radius 1 is 1.10 bits per heavy atom. The number of nitrogens with zero attached hydrogens (tertiary/aromatic N) is 3. The molecule has 1 fully saturated rings. The highest BCUT2D eigenvalue weighted by Crippen LogP contribution is 2.28. The van der Waals surface area contributed by atoms with Crippen molar-refractivity contribution >= 4 is 5.91 Å². The van der Waals surface area contributed by atoms with E-state index in [9.17, 15) is 4.79 Å². The summed E-state index contributed by atoms with van der Waals surface area (Å²) in [5, 5.41) is 4.93. The van der Waals surface area contributed by atoms with Crippen LogP contribution in [0.3, 0.4) is 0 Å². The number of amides is 1. The van der Waals surface area contributed by atoms with Gasteiger partial charge in [-0.15, -0.1) is 0 Å². The third-order valence-electron chi connectivity index (χ3n) is 5.70. The van der Waals surface area contributed by atoms with E-state index in [0.29, 0.717) is 6.54 Å². The lowest BCUT2D eigenvalue weighted by Crippen LogP contribution is -2.47. The molecule has 0 spiro atoms. The van der Waals surface area contributed by atoms with Crippen molar-refractivity contribution in [2.75, 3.05) is 6.54 Å². The molecule has 1 aliphatic rings. The quantitative estimate of drug-likeness (QED) is 0.719. The van der Waals surface area contributed by atoms with Gasteiger partial charge in [0.05, 0.1) is 17.4 Å². The molecule has 2 heterocycles. The second kappa shape index (κ2) is 8.21. The normalized spacial score (nSPS) is 17.4. The van der Waals surface area contributed by atoms with Gasteiger partial charge in [0.1, 0.15) is 0 Å². The summed E-state index contributed by atoms with van der Waals surface area (Å²) in [5.41, 5.74) is 12.3. The summed E-state index contributed by atoms with van der Waals surface area (Å²) >= 11 is 0. The van der Waals surface area contributed by atoms with Crippen molar-refractivity contribution in [3.05, 3.63) is 71.4 Å². The number of likely N-dealkylation sites (tertiary alicyclic amines) is 1. The highest BCUT2D eigenvalue weighted by Gasteiger charge is 2.28. The van der Waals surface area contributed by atoms with Crippen LogP contribution < -0.4 is 5.73 Å². The van der Waals surface area contributed by atoms with Crippen LogP contribution in [0.25, 0.3) is 16.9 Å². The highest BCUT2D eigenvalue weighted by atomic mass is 16.1. The van der Waals surface area contributed by atoms with Gasteiger partial charge in [0.2, 0.25) is 5.91 Å². The second-order valence-corrected chi connectivity index (χ2v) is 8.04. The van der Waals surface area contributed by atoms with Crippen LogP contribution in [0.2, 0.25) is 0 Å². The van der Waals surface area contributed by atoms with Gasteiger partial charge >= 0.3 is 0 Å². The Balaban J connectivity index is 1.74. The van der Waals surface area contributed by atoms with E-state index in [2.05, 4.69) is 73.5 Å². The summed E-state index contributed by atoms with van der Waals surface area (Å²) in [6.07, 6.45) is 5.07. The summed E-state index contributed by atoms with van der Waals surface area (Å²) in [6, 6.07) is 16.6. The maximum absolute atomic E-state index is 12.0. The van der Waals surface area contributed by atoms with E-state index in [1.807, 2.05) is 4.68 Å². The first kappa shape index (κ1) is 19.4. The number of piperidine rings is 1. The zero-order valence-corrected chi connectivity index (χ0v) is 17.1. The van der Waals surface area contributed by atoms with E-state index in [-0.39, 0.29) is 11.9 Å². The summed E-state index contributed by atoms with van der Waals surface area (Å²) in [4.78, 5) is 14.2. The number of aromatic nitrogens is 2. The van der Waals surface area contributed by atoms with E-state index < -0.39 is 0 Å². The lowest BCUT2D eigenvalue weighted by Gasteiger charge is -2.33. The lowest BCUT2D eigenvalue weighted by molar-refractivity contribution is -0.124. The average Bonchev–Trinajstić information content (AvgIpc) is 3.12. The highest BCUT2D eigenvalue weighted by molar-refractivity contribution is 5.80. The number of carbonyl (C=O) groups is 1. The molecular formula is C24H28N4O. The van der Waals surface area contributed by atoms with Crippen molar-refractivity contribution in [3.63, 3.8) is 0 Å². The Morgan fingerprint density at radius 2 is 1.90 bits per heavy atom.